The number of aliphatic hydroxyl groups excluding tert-OH is 1. The van der Waals surface area contributed by atoms with Crippen molar-refractivity contribution < 1.29 is 9.84 Å². The van der Waals surface area contributed by atoms with E-state index in [4.69, 9.17) is 16.3 Å². The van der Waals surface area contributed by atoms with Crippen molar-refractivity contribution in [2.24, 2.45) is 0 Å². The second kappa shape index (κ2) is 6.17. The average Bonchev–Trinajstić information content (AvgIpc) is 2.40. The highest BCUT2D eigenvalue weighted by atomic mass is 79.9. The Morgan fingerprint density at radius 3 is 2.55 bits per heavy atom. The largest absolute Gasteiger partial charge is 0.496 e. The molecule has 2 aromatic rings. The van der Waals surface area contributed by atoms with Gasteiger partial charge in [0, 0.05) is 20.6 Å². The number of halogens is 2. The number of hydrogen-bond acceptors (Lipinski definition) is 2. The molecule has 106 valence electrons. The van der Waals surface area contributed by atoms with Gasteiger partial charge in [-0.2, -0.15) is 0 Å². The van der Waals surface area contributed by atoms with E-state index in [1.54, 1.807) is 13.2 Å². The lowest BCUT2D eigenvalue weighted by atomic mass is 9.95. The fourth-order valence-electron chi connectivity index (χ4n) is 2.34. The lowest BCUT2D eigenvalue weighted by Crippen LogP contribution is -2.06. The second-order valence-corrected chi connectivity index (χ2v) is 6.09. The van der Waals surface area contributed by atoms with Gasteiger partial charge in [0.1, 0.15) is 11.9 Å². The zero-order valence-electron chi connectivity index (χ0n) is 11.6. The van der Waals surface area contributed by atoms with Gasteiger partial charge in [-0.3, -0.25) is 0 Å². The van der Waals surface area contributed by atoms with Gasteiger partial charge in [0.05, 0.1) is 7.11 Å². The zero-order chi connectivity index (χ0) is 14.9. The van der Waals surface area contributed by atoms with Crippen molar-refractivity contribution in [1.82, 2.24) is 0 Å². The highest BCUT2D eigenvalue weighted by Crippen LogP contribution is 2.37. The molecule has 20 heavy (non-hydrogen) atoms. The summed E-state index contributed by atoms with van der Waals surface area (Å²) in [5, 5.41) is 11.2. The van der Waals surface area contributed by atoms with E-state index in [1.165, 1.54) is 0 Å². The fraction of sp³-hybridized carbons (Fsp3) is 0.250. The van der Waals surface area contributed by atoms with Crippen LogP contribution in [0, 0.1) is 13.8 Å². The number of aryl methyl sites for hydroxylation is 2. The Hall–Kier alpha value is -1.03. The van der Waals surface area contributed by atoms with Crippen molar-refractivity contribution in [3.63, 3.8) is 0 Å². The van der Waals surface area contributed by atoms with Crippen LogP contribution in [0.1, 0.15) is 28.4 Å². The van der Waals surface area contributed by atoms with Gasteiger partial charge in [-0.05, 0) is 49.2 Å². The third-order valence-electron chi connectivity index (χ3n) is 3.24. The Kier molecular flexibility index (Phi) is 4.74. The van der Waals surface area contributed by atoms with E-state index < -0.39 is 6.10 Å². The van der Waals surface area contributed by atoms with E-state index in [0.717, 1.165) is 21.2 Å². The normalized spacial score (nSPS) is 12.3. The van der Waals surface area contributed by atoms with Gasteiger partial charge < -0.3 is 9.84 Å². The molecule has 0 amide bonds. The monoisotopic (exact) mass is 354 g/mol. The molecule has 0 saturated carbocycles. The SMILES string of the molecule is COc1cc(C)cc(C)c1C(O)c1cc(Br)ccc1Cl. The number of hydrogen-bond donors (Lipinski definition) is 1. The quantitative estimate of drug-likeness (QED) is 0.856. The van der Waals surface area contributed by atoms with Crippen LogP contribution in [0.2, 0.25) is 5.02 Å². The van der Waals surface area contributed by atoms with Crippen LogP contribution in [-0.2, 0) is 0 Å². The first-order chi connectivity index (χ1) is 9.43. The highest BCUT2D eigenvalue weighted by molar-refractivity contribution is 9.10. The summed E-state index contributed by atoms with van der Waals surface area (Å²) >= 11 is 9.60. The van der Waals surface area contributed by atoms with E-state index in [0.29, 0.717) is 16.3 Å². The Labute approximate surface area is 132 Å². The van der Waals surface area contributed by atoms with Crippen LogP contribution in [0.3, 0.4) is 0 Å². The Bertz CT molecular complexity index is 641. The summed E-state index contributed by atoms with van der Waals surface area (Å²) < 4.78 is 6.28. The molecule has 4 heteroatoms. The van der Waals surface area contributed by atoms with Crippen molar-refractivity contribution in [2.75, 3.05) is 7.11 Å². The summed E-state index contributed by atoms with van der Waals surface area (Å²) in [4.78, 5) is 0. The Morgan fingerprint density at radius 2 is 1.90 bits per heavy atom. The third-order valence-corrected chi connectivity index (χ3v) is 4.08. The van der Waals surface area contributed by atoms with Gasteiger partial charge in [-0.1, -0.05) is 33.6 Å². The molecular weight excluding hydrogens is 340 g/mol. The maximum Gasteiger partial charge on any atom is 0.125 e. The van der Waals surface area contributed by atoms with E-state index >= 15 is 0 Å². The summed E-state index contributed by atoms with van der Waals surface area (Å²) in [6, 6.07) is 9.37. The van der Waals surface area contributed by atoms with Crippen molar-refractivity contribution in [2.45, 2.75) is 20.0 Å². The molecule has 0 aliphatic rings. The first kappa shape index (κ1) is 15.4. The van der Waals surface area contributed by atoms with Crippen LogP contribution >= 0.6 is 27.5 Å². The van der Waals surface area contributed by atoms with Crippen LogP contribution in [0.15, 0.2) is 34.8 Å². The molecule has 1 unspecified atom stereocenters. The molecule has 0 saturated heterocycles. The number of rotatable bonds is 3. The van der Waals surface area contributed by atoms with Gasteiger partial charge in [0.15, 0.2) is 0 Å². The molecule has 0 heterocycles. The van der Waals surface area contributed by atoms with Crippen LogP contribution in [-0.4, -0.2) is 12.2 Å². The van der Waals surface area contributed by atoms with Crippen molar-refractivity contribution >= 4 is 27.5 Å². The van der Waals surface area contributed by atoms with Crippen LogP contribution in [0.4, 0.5) is 0 Å². The molecule has 2 aromatic carbocycles. The summed E-state index contributed by atoms with van der Waals surface area (Å²) in [6.45, 7) is 3.96. The average molecular weight is 356 g/mol. The maximum absolute atomic E-state index is 10.7. The first-order valence-corrected chi connectivity index (χ1v) is 7.39. The Balaban J connectivity index is 2.58. The molecule has 0 fully saturated rings. The predicted octanol–water partition coefficient (Wildman–Crippen LogP) is 4.81. The first-order valence-electron chi connectivity index (χ1n) is 6.22. The third kappa shape index (κ3) is 3.00. The summed E-state index contributed by atoms with van der Waals surface area (Å²) in [5.74, 6) is 0.672. The van der Waals surface area contributed by atoms with E-state index in [9.17, 15) is 5.11 Å². The fourth-order valence-corrected chi connectivity index (χ4v) is 2.94. The van der Waals surface area contributed by atoms with Gasteiger partial charge in [0.2, 0.25) is 0 Å². The molecule has 0 aliphatic carbocycles. The smallest absolute Gasteiger partial charge is 0.125 e. The van der Waals surface area contributed by atoms with Crippen molar-refractivity contribution in [1.29, 1.82) is 0 Å². The zero-order valence-corrected chi connectivity index (χ0v) is 13.9. The van der Waals surface area contributed by atoms with Crippen LogP contribution in [0.25, 0.3) is 0 Å². The highest BCUT2D eigenvalue weighted by Gasteiger charge is 2.21. The van der Waals surface area contributed by atoms with Crippen LogP contribution in [0.5, 0.6) is 5.75 Å². The Morgan fingerprint density at radius 1 is 1.20 bits per heavy atom. The minimum atomic E-state index is -0.824. The molecule has 2 rings (SSSR count). The van der Waals surface area contributed by atoms with Crippen LogP contribution < -0.4 is 4.74 Å². The van der Waals surface area contributed by atoms with Crippen molar-refractivity contribution in [3.05, 3.63) is 62.1 Å². The second-order valence-electron chi connectivity index (χ2n) is 4.77. The number of ether oxygens (including phenoxy) is 1. The molecule has 1 atom stereocenters. The molecule has 0 radical (unpaired) electrons. The molecule has 0 aliphatic heterocycles. The number of aliphatic hydroxyl groups is 1. The maximum atomic E-state index is 10.7. The minimum absolute atomic E-state index is 0.530. The molecule has 0 aromatic heterocycles. The van der Waals surface area contributed by atoms with E-state index in [1.807, 2.05) is 38.1 Å². The molecule has 0 bridgehead atoms. The molecule has 0 spiro atoms. The van der Waals surface area contributed by atoms with Gasteiger partial charge in [0.25, 0.3) is 0 Å². The minimum Gasteiger partial charge on any atom is -0.496 e. The van der Waals surface area contributed by atoms with Gasteiger partial charge in [-0.25, -0.2) is 0 Å². The van der Waals surface area contributed by atoms with Gasteiger partial charge in [-0.15, -0.1) is 0 Å². The molecule has 1 N–H and O–H groups in total. The van der Waals surface area contributed by atoms with Crippen molar-refractivity contribution in [3.8, 4) is 5.75 Å². The molecule has 2 nitrogen and oxygen atoms in total. The van der Waals surface area contributed by atoms with E-state index in [-0.39, 0.29) is 0 Å². The van der Waals surface area contributed by atoms with Gasteiger partial charge >= 0.3 is 0 Å². The lowest BCUT2D eigenvalue weighted by molar-refractivity contribution is 0.214. The van der Waals surface area contributed by atoms with E-state index in [2.05, 4.69) is 15.9 Å². The standard InChI is InChI=1S/C16H16BrClO2/c1-9-6-10(2)15(14(7-9)20-3)16(19)12-8-11(17)4-5-13(12)18/h4-8,16,19H,1-3H3. The summed E-state index contributed by atoms with van der Waals surface area (Å²) in [6.07, 6.45) is -0.824. The summed E-state index contributed by atoms with van der Waals surface area (Å²) in [5.41, 5.74) is 3.48. The molecular formula is C16H16BrClO2. The lowest BCUT2D eigenvalue weighted by Gasteiger charge is -2.19. The number of benzene rings is 2. The topological polar surface area (TPSA) is 29.5 Å². The number of methoxy groups -OCH3 is 1. The summed E-state index contributed by atoms with van der Waals surface area (Å²) in [7, 11) is 1.60. The predicted molar refractivity (Wildman–Crippen MR) is 85.7 cm³/mol.